The Morgan fingerprint density at radius 1 is 1.08 bits per heavy atom. The highest BCUT2D eigenvalue weighted by Crippen LogP contribution is 2.19. The molecule has 2 aromatic rings. The standard InChI is InChI=1S/C18H22N4O2S/c23-16(19-13-7-3-1-4-8-13)11-15-12-25-18(21-15)22-17(24)20-14-9-5-2-6-10-14/h2,5-6,9-10,12-13H,1,3-4,7-8,11H2,(H,19,23)(H2,20,21,22,24). The molecule has 1 saturated carbocycles. The topological polar surface area (TPSA) is 83.1 Å². The van der Waals surface area contributed by atoms with Crippen molar-refractivity contribution in [2.75, 3.05) is 10.6 Å². The van der Waals surface area contributed by atoms with Gasteiger partial charge in [0.25, 0.3) is 0 Å². The van der Waals surface area contributed by atoms with Crippen LogP contribution in [0.25, 0.3) is 0 Å². The first kappa shape index (κ1) is 17.4. The first-order valence-corrected chi connectivity index (χ1v) is 9.44. The number of nitrogens with one attached hydrogen (secondary N) is 3. The highest BCUT2D eigenvalue weighted by Gasteiger charge is 2.16. The smallest absolute Gasteiger partial charge is 0.325 e. The van der Waals surface area contributed by atoms with Crippen LogP contribution < -0.4 is 16.0 Å². The van der Waals surface area contributed by atoms with Crippen molar-refractivity contribution in [3.8, 4) is 0 Å². The fourth-order valence-electron chi connectivity index (χ4n) is 2.92. The maximum Gasteiger partial charge on any atom is 0.325 e. The molecule has 0 aliphatic heterocycles. The molecule has 1 heterocycles. The van der Waals surface area contributed by atoms with Gasteiger partial charge in [-0.15, -0.1) is 11.3 Å². The zero-order chi connectivity index (χ0) is 17.5. The number of carbonyl (C=O) groups is 2. The maximum absolute atomic E-state index is 12.1. The minimum absolute atomic E-state index is 0.00233. The molecule has 7 heteroatoms. The van der Waals surface area contributed by atoms with Gasteiger partial charge < -0.3 is 10.6 Å². The lowest BCUT2D eigenvalue weighted by atomic mass is 9.95. The van der Waals surface area contributed by atoms with Crippen LogP contribution >= 0.6 is 11.3 Å². The van der Waals surface area contributed by atoms with Gasteiger partial charge >= 0.3 is 6.03 Å². The Morgan fingerprint density at radius 2 is 1.84 bits per heavy atom. The van der Waals surface area contributed by atoms with E-state index in [0.29, 0.717) is 22.6 Å². The predicted octanol–water partition coefficient (Wildman–Crippen LogP) is 3.78. The number of carbonyl (C=O) groups excluding carboxylic acids is 2. The number of hydrogen-bond donors (Lipinski definition) is 3. The Bertz CT molecular complexity index is 711. The second kappa shape index (κ2) is 8.62. The number of hydrogen-bond acceptors (Lipinski definition) is 4. The number of benzene rings is 1. The molecule has 25 heavy (non-hydrogen) atoms. The summed E-state index contributed by atoms with van der Waals surface area (Å²) in [6.45, 7) is 0. The van der Waals surface area contributed by atoms with Crippen molar-refractivity contribution >= 4 is 34.1 Å². The van der Waals surface area contributed by atoms with Gasteiger partial charge in [-0.05, 0) is 25.0 Å². The molecule has 6 nitrogen and oxygen atoms in total. The van der Waals surface area contributed by atoms with Gasteiger partial charge in [0.1, 0.15) is 0 Å². The number of thiazole rings is 1. The van der Waals surface area contributed by atoms with Crippen LogP contribution in [0.4, 0.5) is 15.6 Å². The summed E-state index contributed by atoms with van der Waals surface area (Å²) in [4.78, 5) is 28.4. The Hall–Kier alpha value is -2.41. The fraction of sp³-hybridized carbons (Fsp3) is 0.389. The lowest BCUT2D eigenvalue weighted by Crippen LogP contribution is -2.37. The number of nitrogens with zero attached hydrogens (tertiary/aromatic N) is 1. The van der Waals surface area contributed by atoms with Crippen LogP contribution in [0.5, 0.6) is 0 Å². The maximum atomic E-state index is 12.1. The molecule has 3 N–H and O–H groups in total. The average Bonchev–Trinajstić information content (AvgIpc) is 3.03. The number of aromatic nitrogens is 1. The molecule has 0 atom stereocenters. The van der Waals surface area contributed by atoms with Gasteiger partial charge in [0.05, 0.1) is 12.1 Å². The van der Waals surface area contributed by atoms with Crippen LogP contribution in [0.15, 0.2) is 35.7 Å². The molecule has 0 unspecified atom stereocenters. The summed E-state index contributed by atoms with van der Waals surface area (Å²) >= 11 is 1.31. The number of urea groups is 1. The van der Waals surface area contributed by atoms with E-state index in [-0.39, 0.29) is 18.4 Å². The normalized spacial score (nSPS) is 14.7. The van der Waals surface area contributed by atoms with Gasteiger partial charge in [-0.1, -0.05) is 37.5 Å². The van der Waals surface area contributed by atoms with Gasteiger partial charge in [0.2, 0.25) is 5.91 Å². The highest BCUT2D eigenvalue weighted by atomic mass is 32.1. The summed E-state index contributed by atoms with van der Waals surface area (Å²) in [6.07, 6.45) is 6.01. The van der Waals surface area contributed by atoms with E-state index in [0.717, 1.165) is 12.8 Å². The second-order valence-electron chi connectivity index (χ2n) is 6.17. The molecule has 3 rings (SSSR count). The molecule has 1 aliphatic carbocycles. The van der Waals surface area contributed by atoms with Crippen molar-refractivity contribution in [3.05, 3.63) is 41.4 Å². The molecule has 0 radical (unpaired) electrons. The molecule has 0 saturated heterocycles. The molecule has 3 amide bonds. The van der Waals surface area contributed by atoms with Crippen molar-refractivity contribution in [2.45, 2.75) is 44.6 Å². The van der Waals surface area contributed by atoms with Crippen LogP contribution in [-0.2, 0) is 11.2 Å². The van der Waals surface area contributed by atoms with Crippen LogP contribution in [0, 0.1) is 0 Å². The summed E-state index contributed by atoms with van der Waals surface area (Å²) < 4.78 is 0. The molecule has 1 fully saturated rings. The van der Waals surface area contributed by atoms with E-state index >= 15 is 0 Å². The molecule has 1 aromatic carbocycles. The summed E-state index contributed by atoms with van der Waals surface area (Å²) in [5.74, 6) is -0.00233. The molecular weight excluding hydrogens is 336 g/mol. The summed E-state index contributed by atoms with van der Waals surface area (Å²) in [5.41, 5.74) is 1.39. The fourth-order valence-corrected chi connectivity index (χ4v) is 3.62. The average molecular weight is 358 g/mol. The third-order valence-corrected chi connectivity index (χ3v) is 4.92. The van der Waals surface area contributed by atoms with Crippen LogP contribution in [-0.4, -0.2) is 23.0 Å². The van der Waals surface area contributed by atoms with E-state index in [4.69, 9.17) is 0 Å². The zero-order valence-electron chi connectivity index (χ0n) is 14.0. The van der Waals surface area contributed by atoms with Gasteiger partial charge in [0, 0.05) is 17.1 Å². The molecule has 0 bridgehead atoms. The van der Waals surface area contributed by atoms with E-state index in [9.17, 15) is 9.59 Å². The lowest BCUT2D eigenvalue weighted by Gasteiger charge is -2.22. The lowest BCUT2D eigenvalue weighted by molar-refractivity contribution is -0.121. The van der Waals surface area contributed by atoms with E-state index < -0.39 is 0 Å². The summed E-state index contributed by atoms with van der Waals surface area (Å²) in [6, 6.07) is 9.15. The number of para-hydroxylation sites is 1. The predicted molar refractivity (Wildman–Crippen MR) is 99.9 cm³/mol. The van der Waals surface area contributed by atoms with Crippen molar-refractivity contribution in [3.63, 3.8) is 0 Å². The molecular formula is C18H22N4O2S. The highest BCUT2D eigenvalue weighted by molar-refractivity contribution is 7.14. The monoisotopic (exact) mass is 358 g/mol. The molecule has 1 aromatic heterocycles. The molecule has 0 spiro atoms. The number of amides is 3. The minimum atomic E-state index is -0.348. The van der Waals surface area contributed by atoms with Gasteiger partial charge in [0.15, 0.2) is 5.13 Å². The van der Waals surface area contributed by atoms with Crippen molar-refractivity contribution in [1.29, 1.82) is 0 Å². The SMILES string of the molecule is O=C(Cc1csc(NC(=O)Nc2ccccc2)n1)NC1CCCCC1. The van der Waals surface area contributed by atoms with Gasteiger partial charge in [-0.3, -0.25) is 10.1 Å². The Morgan fingerprint density at radius 3 is 2.60 bits per heavy atom. The van der Waals surface area contributed by atoms with E-state index in [2.05, 4.69) is 20.9 Å². The third kappa shape index (κ3) is 5.56. The first-order valence-electron chi connectivity index (χ1n) is 8.56. The van der Waals surface area contributed by atoms with Gasteiger partial charge in [-0.25, -0.2) is 9.78 Å². The van der Waals surface area contributed by atoms with E-state index in [1.165, 1.54) is 30.6 Å². The van der Waals surface area contributed by atoms with Gasteiger partial charge in [-0.2, -0.15) is 0 Å². The zero-order valence-corrected chi connectivity index (χ0v) is 14.8. The molecule has 1 aliphatic rings. The van der Waals surface area contributed by atoms with Crippen molar-refractivity contribution in [1.82, 2.24) is 10.3 Å². The second-order valence-corrected chi connectivity index (χ2v) is 7.03. The Balaban J connectivity index is 1.46. The largest absolute Gasteiger partial charge is 0.353 e. The minimum Gasteiger partial charge on any atom is -0.353 e. The van der Waals surface area contributed by atoms with E-state index in [1.807, 2.05) is 30.3 Å². The van der Waals surface area contributed by atoms with E-state index in [1.54, 1.807) is 5.38 Å². The number of anilines is 2. The van der Waals surface area contributed by atoms with Crippen LogP contribution in [0.3, 0.4) is 0 Å². The summed E-state index contributed by atoms with van der Waals surface area (Å²) in [7, 11) is 0. The Kier molecular flexibility index (Phi) is 6.00. The van der Waals surface area contributed by atoms with Crippen LogP contribution in [0.2, 0.25) is 0 Å². The number of rotatable bonds is 5. The quantitative estimate of drug-likeness (QED) is 0.760. The van der Waals surface area contributed by atoms with Crippen molar-refractivity contribution < 1.29 is 9.59 Å². The van der Waals surface area contributed by atoms with Crippen LogP contribution in [0.1, 0.15) is 37.8 Å². The third-order valence-electron chi connectivity index (χ3n) is 4.12. The summed E-state index contributed by atoms with van der Waals surface area (Å²) in [5, 5.41) is 10.8. The van der Waals surface area contributed by atoms with Crippen molar-refractivity contribution in [2.24, 2.45) is 0 Å². The molecule has 132 valence electrons. The Labute approximate surface area is 151 Å². The first-order chi connectivity index (χ1) is 12.2.